The van der Waals surface area contributed by atoms with Crippen LogP contribution in [0.25, 0.3) is 16.5 Å². The first kappa shape index (κ1) is 19.6. The van der Waals surface area contributed by atoms with Gasteiger partial charge in [0.1, 0.15) is 12.2 Å². The molecule has 1 fully saturated rings. The molecule has 3 unspecified atom stereocenters. The number of nitrogens with one attached hydrogen (secondary N) is 2. The maximum Gasteiger partial charge on any atom is 0.406 e. The Morgan fingerprint density at radius 1 is 1.03 bits per heavy atom. The number of fused-ring (bicyclic) bond motifs is 2. The fourth-order valence-corrected chi connectivity index (χ4v) is 4.44. The highest BCUT2D eigenvalue weighted by Gasteiger charge is 2.57. The van der Waals surface area contributed by atoms with Crippen molar-refractivity contribution in [3.63, 3.8) is 0 Å². The van der Waals surface area contributed by atoms with E-state index in [2.05, 4.69) is 15.7 Å². The molecule has 0 spiro atoms. The molecule has 31 heavy (non-hydrogen) atoms. The zero-order valence-electron chi connectivity index (χ0n) is 16.5. The van der Waals surface area contributed by atoms with E-state index in [4.69, 9.17) is 0 Å². The van der Waals surface area contributed by atoms with Crippen LogP contribution in [0.15, 0.2) is 72.6 Å². The number of amides is 1. The van der Waals surface area contributed by atoms with Gasteiger partial charge in [-0.15, -0.1) is 0 Å². The molecular weight excluding hydrogens is 405 g/mol. The Labute approximate surface area is 176 Å². The van der Waals surface area contributed by atoms with Gasteiger partial charge < -0.3 is 5.32 Å². The van der Waals surface area contributed by atoms with E-state index in [1.807, 2.05) is 30.3 Å². The van der Waals surface area contributed by atoms with Gasteiger partial charge in [0.2, 0.25) is 0 Å². The van der Waals surface area contributed by atoms with Crippen molar-refractivity contribution in [2.24, 2.45) is 0 Å². The summed E-state index contributed by atoms with van der Waals surface area (Å²) in [6.07, 6.45) is -3.82. The summed E-state index contributed by atoms with van der Waals surface area (Å²) < 4.78 is 41.7. The maximum atomic E-state index is 13.9. The molecule has 3 aromatic rings. The number of nitrogens with zero attached hydrogens (tertiary/aromatic N) is 2. The number of pyridine rings is 1. The van der Waals surface area contributed by atoms with Gasteiger partial charge in [0.25, 0.3) is 5.91 Å². The van der Waals surface area contributed by atoms with Gasteiger partial charge in [-0.2, -0.15) is 13.2 Å². The van der Waals surface area contributed by atoms with Gasteiger partial charge >= 0.3 is 6.18 Å². The zero-order chi connectivity index (χ0) is 21.8. The van der Waals surface area contributed by atoms with Crippen LogP contribution in [0.5, 0.6) is 0 Å². The quantitative estimate of drug-likeness (QED) is 0.654. The minimum Gasteiger partial charge on any atom is -0.366 e. The molecule has 0 radical (unpaired) electrons. The first-order chi connectivity index (χ1) is 14.8. The summed E-state index contributed by atoms with van der Waals surface area (Å²) in [6.45, 7) is 1.71. The molecule has 1 amide bonds. The number of halogens is 3. The molecule has 2 aromatic carbocycles. The van der Waals surface area contributed by atoms with Crippen molar-refractivity contribution in [1.82, 2.24) is 20.7 Å². The molecule has 3 atom stereocenters. The number of para-hydroxylation sites is 1. The lowest BCUT2D eigenvalue weighted by molar-refractivity contribution is -0.161. The summed E-state index contributed by atoms with van der Waals surface area (Å²) in [7, 11) is 0. The van der Waals surface area contributed by atoms with E-state index in [0.29, 0.717) is 22.4 Å². The van der Waals surface area contributed by atoms with Crippen LogP contribution in [-0.2, 0) is 4.79 Å². The largest absolute Gasteiger partial charge is 0.406 e. The third kappa shape index (κ3) is 3.23. The molecule has 0 bridgehead atoms. The van der Waals surface area contributed by atoms with E-state index >= 15 is 0 Å². The second kappa shape index (κ2) is 7.09. The molecule has 1 saturated heterocycles. The smallest absolute Gasteiger partial charge is 0.366 e. The maximum absolute atomic E-state index is 13.9. The molecule has 5 rings (SSSR count). The second-order valence-corrected chi connectivity index (χ2v) is 7.77. The molecule has 8 heteroatoms. The van der Waals surface area contributed by atoms with E-state index in [9.17, 15) is 18.0 Å². The summed E-state index contributed by atoms with van der Waals surface area (Å²) in [5.41, 5.74) is 5.10. The van der Waals surface area contributed by atoms with Crippen LogP contribution in [-0.4, -0.2) is 34.3 Å². The Bertz CT molecular complexity index is 1190. The number of rotatable bonds is 2. The van der Waals surface area contributed by atoms with Crippen LogP contribution in [0.2, 0.25) is 0 Å². The van der Waals surface area contributed by atoms with E-state index < -0.39 is 30.2 Å². The van der Waals surface area contributed by atoms with Crippen molar-refractivity contribution >= 4 is 22.4 Å². The second-order valence-electron chi connectivity index (χ2n) is 7.77. The molecule has 2 aliphatic rings. The van der Waals surface area contributed by atoms with Crippen LogP contribution in [0.4, 0.5) is 13.2 Å². The minimum absolute atomic E-state index is 0.302. The van der Waals surface area contributed by atoms with E-state index in [-0.39, 0.29) is 0 Å². The fourth-order valence-electron chi connectivity index (χ4n) is 4.44. The first-order valence-corrected chi connectivity index (χ1v) is 9.88. The van der Waals surface area contributed by atoms with Gasteiger partial charge in [-0.1, -0.05) is 48.5 Å². The van der Waals surface area contributed by atoms with Gasteiger partial charge in [-0.25, -0.2) is 10.4 Å². The number of carbonyl (C=O) groups excluding carboxylic acids is 1. The first-order valence-electron chi connectivity index (χ1n) is 9.88. The highest BCUT2D eigenvalue weighted by atomic mass is 19.4. The number of aromatic nitrogens is 1. The normalized spacial score (nSPS) is 23.8. The molecule has 2 aliphatic heterocycles. The Hall–Kier alpha value is -3.39. The van der Waals surface area contributed by atoms with Gasteiger partial charge in [0, 0.05) is 22.8 Å². The van der Waals surface area contributed by atoms with E-state index in [0.717, 1.165) is 15.9 Å². The van der Waals surface area contributed by atoms with Crippen molar-refractivity contribution in [2.75, 3.05) is 0 Å². The van der Waals surface area contributed by atoms with Gasteiger partial charge in [0.05, 0.1) is 17.0 Å². The van der Waals surface area contributed by atoms with E-state index in [1.54, 1.807) is 43.5 Å². The number of allylic oxidation sites excluding steroid dienone is 1. The average molecular weight is 424 g/mol. The molecule has 0 saturated carbocycles. The van der Waals surface area contributed by atoms with Crippen LogP contribution in [0.1, 0.15) is 24.0 Å². The van der Waals surface area contributed by atoms with Gasteiger partial charge in [-0.3, -0.25) is 9.78 Å². The van der Waals surface area contributed by atoms with Crippen molar-refractivity contribution in [2.45, 2.75) is 31.2 Å². The molecule has 158 valence electrons. The van der Waals surface area contributed by atoms with Crippen molar-refractivity contribution in [3.05, 3.63) is 83.7 Å². The van der Waals surface area contributed by atoms with Crippen LogP contribution in [0, 0.1) is 0 Å². The van der Waals surface area contributed by atoms with Gasteiger partial charge in [-0.05, 0) is 24.6 Å². The lowest BCUT2D eigenvalue weighted by Crippen LogP contribution is -2.54. The third-order valence-electron chi connectivity index (χ3n) is 5.84. The Morgan fingerprint density at radius 3 is 2.48 bits per heavy atom. The average Bonchev–Trinajstić information content (AvgIpc) is 3.14. The summed E-state index contributed by atoms with van der Waals surface area (Å²) in [5, 5.41) is 5.07. The standard InChI is InChI=1S/C23H19F3N4O/c1-13-18(16-11-15-9-5-6-10-17(15)27-12-16)22(31)30-21(28-13)19(14-7-3-2-4-8-14)20(29-30)23(24,25)26/h2-12,19-21,28-29H,1H3. The van der Waals surface area contributed by atoms with Crippen LogP contribution >= 0.6 is 0 Å². The highest BCUT2D eigenvalue weighted by Crippen LogP contribution is 2.42. The van der Waals surface area contributed by atoms with E-state index in [1.165, 1.54) is 0 Å². The molecule has 0 aliphatic carbocycles. The predicted octanol–water partition coefficient (Wildman–Crippen LogP) is 3.96. The molecule has 3 heterocycles. The van der Waals surface area contributed by atoms with Crippen LogP contribution in [0.3, 0.4) is 0 Å². The summed E-state index contributed by atoms with van der Waals surface area (Å²) in [4.78, 5) is 17.8. The third-order valence-corrected chi connectivity index (χ3v) is 5.84. The van der Waals surface area contributed by atoms with Crippen molar-refractivity contribution in [1.29, 1.82) is 0 Å². The topological polar surface area (TPSA) is 57.3 Å². The van der Waals surface area contributed by atoms with Crippen LogP contribution < -0.4 is 10.7 Å². The number of benzene rings is 2. The number of hydrogen-bond acceptors (Lipinski definition) is 4. The number of hydrazine groups is 1. The van der Waals surface area contributed by atoms with Gasteiger partial charge in [0.15, 0.2) is 0 Å². The number of alkyl halides is 3. The molecular formula is C23H19F3N4O. The fraction of sp³-hybridized carbons (Fsp3) is 0.217. The highest BCUT2D eigenvalue weighted by molar-refractivity contribution is 6.21. The Kier molecular flexibility index (Phi) is 4.48. The predicted molar refractivity (Wildman–Crippen MR) is 110 cm³/mol. The Balaban J connectivity index is 1.58. The number of carbonyl (C=O) groups is 1. The lowest BCUT2D eigenvalue weighted by Gasteiger charge is -2.35. The summed E-state index contributed by atoms with van der Waals surface area (Å²) in [5.74, 6) is -1.50. The SMILES string of the molecule is CC1=C(c2cnc3ccccc3c2)C(=O)N2NC(C(F)(F)F)C(c3ccccc3)C2N1. The zero-order valence-corrected chi connectivity index (χ0v) is 16.5. The molecule has 2 N–H and O–H groups in total. The van der Waals surface area contributed by atoms with Crippen molar-refractivity contribution < 1.29 is 18.0 Å². The minimum atomic E-state index is -4.53. The molecule has 5 nitrogen and oxygen atoms in total. The summed E-state index contributed by atoms with van der Waals surface area (Å²) >= 11 is 0. The monoisotopic (exact) mass is 424 g/mol. The lowest BCUT2D eigenvalue weighted by atomic mass is 9.88. The summed E-state index contributed by atoms with van der Waals surface area (Å²) in [6, 6.07) is 15.9. The van der Waals surface area contributed by atoms with Crippen molar-refractivity contribution in [3.8, 4) is 0 Å². The number of hydrogen-bond donors (Lipinski definition) is 2. The Morgan fingerprint density at radius 2 is 1.74 bits per heavy atom. The molecule has 1 aromatic heterocycles.